The second-order valence-electron chi connectivity index (χ2n) is 3.44. The van der Waals surface area contributed by atoms with Gasteiger partial charge in [0, 0.05) is 22.3 Å². The van der Waals surface area contributed by atoms with Crippen molar-refractivity contribution in [3.8, 4) is 0 Å². The lowest BCUT2D eigenvalue weighted by atomic mass is 10.1. The molecule has 0 heterocycles. The van der Waals surface area contributed by atoms with E-state index < -0.39 is 10.8 Å². The molecule has 0 amide bonds. The molecule has 0 fully saturated rings. The molecule has 14 heavy (non-hydrogen) atoms. The zero-order valence-electron chi connectivity index (χ0n) is 8.62. The van der Waals surface area contributed by atoms with Gasteiger partial charge < -0.3 is 5.11 Å². The number of hydrogen-bond acceptors (Lipinski definition) is 2. The molecule has 2 nitrogen and oxygen atoms in total. The smallest absolute Gasteiger partial charge is 0.0546 e. The molecule has 0 radical (unpaired) electrons. The first-order valence-electron chi connectivity index (χ1n) is 4.65. The number of hydrogen-bond donors (Lipinski definition) is 1. The van der Waals surface area contributed by atoms with Gasteiger partial charge in [-0.3, -0.25) is 4.21 Å². The van der Waals surface area contributed by atoms with Crippen LogP contribution in [-0.4, -0.2) is 21.7 Å². The lowest BCUT2D eigenvalue weighted by Crippen LogP contribution is -2.05. The lowest BCUT2D eigenvalue weighted by Gasteiger charge is -2.06. The van der Waals surface area contributed by atoms with E-state index in [1.165, 1.54) is 11.1 Å². The Morgan fingerprint density at radius 2 is 2.07 bits per heavy atom. The van der Waals surface area contributed by atoms with E-state index in [2.05, 4.69) is 6.07 Å². The molecule has 0 aliphatic heterocycles. The quantitative estimate of drug-likeness (QED) is 0.822. The van der Waals surface area contributed by atoms with Crippen molar-refractivity contribution in [3.63, 3.8) is 0 Å². The Morgan fingerprint density at radius 1 is 1.36 bits per heavy atom. The third kappa shape index (κ3) is 3.24. The van der Waals surface area contributed by atoms with Crippen molar-refractivity contribution in [1.29, 1.82) is 0 Å². The van der Waals surface area contributed by atoms with E-state index in [9.17, 15) is 4.21 Å². The van der Waals surface area contributed by atoms with Crippen LogP contribution >= 0.6 is 0 Å². The minimum Gasteiger partial charge on any atom is -0.395 e. The van der Waals surface area contributed by atoms with Crippen LogP contribution in [0.25, 0.3) is 0 Å². The fraction of sp³-hybridized carbons (Fsp3) is 0.455. The molecule has 1 atom stereocenters. The highest BCUT2D eigenvalue weighted by Crippen LogP contribution is 2.12. The van der Waals surface area contributed by atoms with Gasteiger partial charge >= 0.3 is 0 Å². The highest BCUT2D eigenvalue weighted by Gasteiger charge is 2.04. The standard InChI is InChI=1S/C11H16O2S/c1-9-3-4-10(2)11(7-9)8-14(13)6-5-12/h3-4,7,12H,5-6,8H2,1-2H3. The van der Waals surface area contributed by atoms with Crippen molar-refractivity contribution in [2.75, 3.05) is 12.4 Å². The molecule has 1 aromatic rings. The molecule has 1 rings (SSSR count). The molecule has 0 saturated carbocycles. The van der Waals surface area contributed by atoms with Crippen molar-refractivity contribution >= 4 is 10.8 Å². The minimum atomic E-state index is -0.940. The van der Waals surface area contributed by atoms with E-state index in [4.69, 9.17) is 5.11 Å². The van der Waals surface area contributed by atoms with Gasteiger partial charge in [0.15, 0.2) is 0 Å². The maximum Gasteiger partial charge on any atom is 0.0546 e. The van der Waals surface area contributed by atoms with Crippen LogP contribution in [0.4, 0.5) is 0 Å². The zero-order chi connectivity index (χ0) is 10.6. The predicted octanol–water partition coefficient (Wildman–Crippen LogP) is 1.54. The van der Waals surface area contributed by atoms with Crippen LogP contribution in [0.5, 0.6) is 0 Å². The molecule has 0 bridgehead atoms. The molecule has 1 aromatic carbocycles. The van der Waals surface area contributed by atoms with Gasteiger partial charge in [0.1, 0.15) is 0 Å². The zero-order valence-corrected chi connectivity index (χ0v) is 9.43. The summed E-state index contributed by atoms with van der Waals surface area (Å²) in [5.41, 5.74) is 3.48. The fourth-order valence-electron chi connectivity index (χ4n) is 1.30. The van der Waals surface area contributed by atoms with Gasteiger partial charge in [0.05, 0.1) is 6.61 Å². The predicted molar refractivity (Wildman–Crippen MR) is 59.7 cm³/mol. The summed E-state index contributed by atoms with van der Waals surface area (Å²) in [5, 5.41) is 8.65. The van der Waals surface area contributed by atoms with Crippen molar-refractivity contribution in [2.24, 2.45) is 0 Å². The second kappa shape index (κ2) is 5.27. The Bertz CT molecular complexity index is 334. The molecule has 0 spiro atoms. The topological polar surface area (TPSA) is 37.3 Å². The summed E-state index contributed by atoms with van der Waals surface area (Å²) in [6, 6.07) is 6.15. The average Bonchev–Trinajstić information content (AvgIpc) is 2.12. The second-order valence-corrected chi connectivity index (χ2v) is 5.02. The molecular weight excluding hydrogens is 196 g/mol. The number of benzene rings is 1. The van der Waals surface area contributed by atoms with Crippen molar-refractivity contribution < 1.29 is 9.32 Å². The monoisotopic (exact) mass is 212 g/mol. The summed E-state index contributed by atoms with van der Waals surface area (Å²) in [5.74, 6) is 0.918. The lowest BCUT2D eigenvalue weighted by molar-refractivity contribution is 0.321. The van der Waals surface area contributed by atoms with E-state index in [1.54, 1.807) is 0 Å². The van der Waals surface area contributed by atoms with Gasteiger partial charge in [-0.15, -0.1) is 0 Å². The summed E-state index contributed by atoms with van der Waals surface area (Å²) in [6.45, 7) is 4.04. The molecule has 0 aliphatic rings. The maximum atomic E-state index is 11.4. The number of rotatable bonds is 4. The fourth-order valence-corrected chi connectivity index (χ4v) is 2.31. The van der Waals surface area contributed by atoms with Crippen LogP contribution in [0, 0.1) is 13.8 Å². The minimum absolute atomic E-state index is 0.00251. The van der Waals surface area contributed by atoms with E-state index in [-0.39, 0.29) is 6.61 Å². The first kappa shape index (κ1) is 11.4. The molecule has 3 heteroatoms. The number of aryl methyl sites for hydroxylation is 2. The molecule has 0 aliphatic carbocycles. The molecule has 78 valence electrons. The van der Waals surface area contributed by atoms with Gasteiger partial charge in [-0.25, -0.2) is 0 Å². The first-order valence-corrected chi connectivity index (χ1v) is 6.14. The molecule has 1 unspecified atom stereocenters. The van der Waals surface area contributed by atoms with Gasteiger partial charge in [0.25, 0.3) is 0 Å². The van der Waals surface area contributed by atoms with Crippen molar-refractivity contribution in [3.05, 3.63) is 34.9 Å². The van der Waals surface area contributed by atoms with Crippen molar-refractivity contribution in [1.82, 2.24) is 0 Å². The molecule has 1 N–H and O–H groups in total. The summed E-state index contributed by atoms with van der Waals surface area (Å²) in [6.07, 6.45) is 0. The Balaban J connectivity index is 2.75. The van der Waals surface area contributed by atoms with Crippen LogP contribution < -0.4 is 0 Å². The van der Waals surface area contributed by atoms with Crippen LogP contribution in [0.2, 0.25) is 0 Å². The summed E-state index contributed by atoms with van der Waals surface area (Å²) >= 11 is 0. The normalized spacial score (nSPS) is 12.8. The average molecular weight is 212 g/mol. The van der Waals surface area contributed by atoms with Crippen LogP contribution in [0.1, 0.15) is 16.7 Å². The third-order valence-corrected chi connectivity index (χ3v) is 3.41. The Labute approximate surface area is 87.4 Å². The molecular formula is C11H16O2S. The van der Waals surface area contributed by atoms with E-state index in [0.717, 1.165) is 5.56 Å². The molecule has 0 saturated heterocycles. The van der Waals surface area contributed by atoms with Crippen LogP contribution in [0.3, 0.4) is 0 Å². The summed E-state index contributed by atoms with van der Waals surface area (Å²) in [4.78, 5) is 0. The summed E-state index contributed by atoms with van der Waals surface area (Å²) < 4.78 is 11.4. The maximum absolute atomic E-state index is 11.4. The Hall–Kier alpha value is -0.670. The Kier molecular flexibility index (Phi) is 4.29. The van der Waals surface area contributed by atoms with Crippen LogP contribution in [-0.2, 0) is 16.6 Å². The Morgan fingerprint density at radius 3 is 2.71 bits per heavy atom. The van der Waals surface area contributed by atoms with Gasteiger partial charge in [0.2, 0.25) is 0 Å². The van der Waals surface area contributed by atoms with Gasteiger partial charge in [-0.2, -0.15) is 0 Å². The van der Waals surface area contributed by atoms with Crippen LogP contribution in [0.15, 0.2) is 18.2 Å². The summed E-state index contributed by atoms with van der Waals surface area (Å²) in [7, 11) is -0.940. The van der Waals surface area contributed by atoms with Gasteiger partial charge in [-0.05, 0) is 25.0 Å². The van der Waals surface area contributed by atoms with E-state index in [0.29, 0.717) is 11.5 Å². The highest BCUT2D eigenvalue weighted by molar-refractivity contribution is 7.84. The highest BCUT2D eigenvalue weighted by atomic mass is 32.2. The number of aliphatic hydroxyl groups is 1. The van der Waals surface area contributed by atoms with E-state index in [1.807, 2.05) is 26.0 Å². The number of aliphatic hydroxyl groups excluding tert-OH is 1. The van der Waals surface area contributed by atoms with Gasteiger partial charge in [-0.1, -0.05) is 23.8 Å². The SMILES string of the molecule is Cc1ccc(C)c(CS(=O)CCO)c1. The molecule has 0 aromatic heterocycles. The largest absolute Gasteiger partial charge is 0.395 e. The first-order chi connectivity index (χ1) is 6.63. The van der Waals surface area contributed by atoms with Crippen molar-refractivity contribution in [2.45, 2.75) is 19.6 Å². The van der Waals surface area contributed by atoms with E-state index >= 15 is 0 Å². The third-order valence-electron chi connectivity index (χ3n) is 2.14.